The zero-order valence-corrected chi connectivity index (χ0v) is 23.2. The van der Waals surface area contributed by atoms with Crippen LogP contribution in [0.1, 0.15) is 5.82 Å². The summed E-state index contributed by atoms with van der Waals surface area (Å²) < 4.78 is 2.25. The van der Waals surface area contributed by atoms with E-state index in [0.29, 0.717) is 0 Å². The van der Waals surface area contributed by atoms with Crippen LogP contribution < -0.4 is 0 Å². The van der Waals surface area contributed by atoms with E-state index in [0.717, 1.165) is 28.1 Å². The molecule has 6 aromatic carbocycles. The molecule has 0 bridgehead atoms. The number of hydrogen-bond donors (Lipinski definition) is 0. The van der Waals surface area contributed by atoms with Gasteiger partial charge in [-0.15, -0.1) is 0 Å². The van der Waals surface area contributed by atoms with Crippen molar-refractivity contribution in [3.05, 3.63) is 152 Å². The molecule has 0 saturated heterocycles. The predicted octanol–water partition coefficient (Wildman–Crippen LogP) is 10.0. The molecule has 3 nitrogen and oxygen atoms in total. The Kier molecular flexibility index (Phi) is 5.68. The summed E-state index contributed by atoms with van der Waals surface area (Å²) in [4.78, 5) is 9.03. The summed E-state index contributed by atoms with van der Waals surface area (Å²) in [5, 5.41) is 4.97. The lowest BCUT2D eigenvalue weighted by Gasteiger charge is -2.19. The number of hydrogen-bond acceptors (Lipinski definition) is 2. The molecular formula is C39H27N3. The van der Waals surface area contributed by atoms with Gasteiger partial charge in [-0.25, -0.2) is 4.98 Å². The second-order valence-electron chi connectivity index (χ2n) is 10.7. The molecule has 0 amide bonds. The molecule has 198 valence electrons. The molecule has 42 heavy (non-hydrogen) atoms. The van der Waals surface area contributed by atoms with Gasteiger partial charge < -0.3 is 0 Å². The minimum atomic E-state index is 0.979. The molecule has 0 saturated carbocycles. The van der Waals surface area contributed by atoms with E-state index in [1.807, 2.05) is 18.5 Å². The Morgan fingerprint density at radius 2 is 1.02 bits per heavy atom. The van der Waals surface area contributed by atoms with Crippen molar-refractivity contribution in [2.45, 2.75) is 6.92 Å². The van der Waals surface area contributed by atoms with Gasteiger partial charge >= 0.3 is 0 Å². The van der Waals surface area contributed by atoms with E-state index in [4.69, 9.17) is 4.98 Å². The number of rotatable bonds is 4. The lowest BCUT2D eigenvalue weighted by Crippen LogP contribution is -1.97. The Balaban J connectivity index is 1.39. The van der Waals surface area contributed by atoms with E-state index in [9.17, 15) is 0 Å². The fourth-order valence-corrected chi connectivity index (χ4v) is 6.42. The zero-order valence-electron chi connectivity index (χ0n) is 23.2. The SMILES string of the molecule is Cc1nc2ccccc2n1-c1cccc(-c2c3ccccc3c(-c3cccc(-c4ccncc4)c3)c3ccccc23)c1. The predicted molar refractivity (Wildman–Crippen MR) is 175 cm³/mol. The molecule has 0 spiro atoms. The van der Waals surface area contributed by atoms with Crippen molar-refractivity contribution < 1.29 is 0 Å². The average molecular weight is 538 g/mol. The van der Waals surface area contributed by atoms with Crippen LogP contribution in [0.5, 0.6) is 0 Å². The maximum atomic E-state index is 4.83. The third kappa shape index (κ3) is 3.90. The summed E-state index contributed by atoms with van der Waals surface area (Å²) >= 11 is 0. The van der Waals surface area contributed by atoms with Crippen LogP contribution in [0, 0.1) is 6.92 Å². The molecule has 0 radical (unpaired) electrons. The summed E-state index contributed by atoms with van der Waals surface area (Å²) in [6.45, 7) is 2.08. The van der Waals surface area contributed by atoms with Gasteiger partial charge in [-0.2, -0.15) is 0 Å². The lowest BCUT2D eigenvalue weighted by atomic mass is 9.85. The zero-order chi connectivity index (χ0) is 28.0. The van der Waals surface area contributed by atoms with Crippen LogP contribution in [0.2, 0.25) is 0 Å². The van der Waals surface area contributed by atoms with Crippen LogP contribution in [0.3, 0.4) is 0 Å². The van der Waals surface area contributed by atoms with E-state index in [1.165, 1.54) is 49.4 Å². The number of fused-ring (bicyclic) bond motifs is 3. The Labute approximate surface area is 244 Å². The highest BCUT2D eigenvalue weighted by Gasteiger charge is 2.18. The lowest BCUT2D eigenvalue weighted by molar-refractivity contribution is 1.00. The van der Waals surface area contributed by atoms with Gasteiger partial charge in [-0.3, -0.25) is 9.55 Å². The molecule has 2 aromatic heterocycles. The average Bonchev–Trinajstić information content (AvgIpc) is 3.39. The van der Waals surface area contributed by atoms with Gasteiger partial charge in [0, 0.05) is 18.1 Å². The van der Waals surface area contributed by atoms with Crippen molar-refractivity contribution >= 4 is 32.6 Å². The molecule has 0 aliphatic rings. The number of aryl methyl sites for hydroxylation is 1. The normalized spacial score (nSPS) is 11.5. The first kappa shape index (κ1) is 24.3. The maximum Gasteiger partial charge on any atom is 0.111 e. The van der Waals surface area contributed by atoms with Crippen molar-refractivity contribution in [3.63, 3.8) is 0 Å². The summed E-state index contributed by atoms with van der Waals surface area (Å²) in [6, 6.07) is 47.8. The number of benzene rings is 6. The number of pyridine rings is 1. The number of imidazole rings is 1. The Morgan fingerprint density at radius 1 is 0.476 bits per heavy atom. The van der Waals surface area contributed by atoms with Crippen molar-refractivity contribution in [2.24, 2.45) is 0 Å². The minimum absolute atomic E-state index is 0.979. The molecule has 8 rings (SSSR count). The van der Waals surface area contributed by atoms with Gasteiger partial charge in [0.2, 0.25) is 0 Å². The monoisotopic (exact) mass is 537 g/mol. The van der Waals surface area contributed by atoms with Crippen molar-refractivity contribution in [1.29, 1.82) is 0 Å². The first-order valence-electron chi connectivity index (χ1n) is 14.3. The van der Waals surface area contributed by atoms with Crippen molar-refractivity contribution in [1.82, 2.24) is 14.5 Å². The molecule has 3 heteroatoms. The third-order valence-electron chi connectivity index (χ3n) is 8.22. The molecule has 0 unspecified atom stereocenters. The van der Waals surface area contributed by atoms with Crippen LogP contribution in [0.4, 0.5) is 0 Å². The van der Waals surface area contributed by atoms with Gasteiger partial charge in [0.25, 0.3) is 0 Å². The quantitative estimate of drug-likeness (QED) is 0.209. The molecule has 8 aromatic rings. The van der Waals surface area contributed by atoms with Crippen LogP contribution >= 0.6 is 0 Å². The first-order valence-corrected chi connectivity index (χ1v) is 14.3. The largest absolute Gasteiger partial charge is 0.297 e. The first-order chi connectivity index (χ1) is 20.8. The third-order valence-corrected chi connectivity index (χ3v) is 8.22. The van der Waals surface area contributed by atoms with Gasteiger partial charge in [-0.05, 0) is 104 Å². The van der Waals surface area contributed by atoms with Crippen LogP contribution in [-0.4, -0.2) is 14.5 Å². The molecule has 0 atom stereocenters. The summed E-state index contributed by atoms with van der Waals surface area (Å²) in [6.07, 6.45) is 3.70. The standard InChI is InChI=1S/C39H27N3/c1-26-41-36-18-6-7-19-37(36)42(26)31-13-9-12-30(25-31)39-34-16-4-2-14-32(34)38(33-15-3-5-17-35(33)39)29-11-8-10-28(24-29)27-20-22-40-23-21-27/h2-25H,1H3. The molecular weight excluding hydrogens is 510 g/mol. The number of para-hydroxylation sites is 2. The van der Waals surface area contributed by atoms with E-state index in [1.54, 1.807) is 0 Å². The number of nitrogens with zero attached hydrogens (tertiary/aromatic N) is 3. The van der Waals surface area contributed by atoms with E-state index in [2.05, 4.69) is 144 Å². The Hall–Kier alpha value is -5.54. The summed E-state index contributed by atoms with van der Waals surface area (Å²) in [7, 11) is 0. The molecule has 2 heterocycles. The maximum absolute atomic E-state index is 4.83. The Morgan fingerprint density at radius 3 is 1.69 bits per heavy atom. The fraction of sp³-hybridized carbons (Fsp3) is 0.0256. The topological polar surface area (TPSA) is 30.7 Å². The highest BCUT2D eigenvalue weighted by Crippen LogP contribution is 2.44. The summed E-state index contributed by atoms with van der Waals surface area (Å²) in [5.74, 6) is 0.979. The highest BCUT2D eigenvalue weighted by atomic mass is 15.1. The van der Waals surface area contributed by atoms with E-state index >= 15 is 0 Å². The molecule has 0 aliphatic heterocycles. The number of aromatic nitrogens is 3. The van der Waals surface area contributed by atoms with Gasteiger partial charge in [0.1, 0.15) is 5.82 Å². The second kappa shape index (κ2) is 9.83. The smallest absolute Gasteiger partial charge is 0.111 e. The van der Waals surface area contributed by atoms with Gasteiger partial charge in [0.15, 0.2) is 0 Å². The molecule has 0 fully saturated rings. The Bertz CT molecular complexity index is 2200. The van der Waals surface area contributed by atoms with Gasteiger partial charge in [-0.1, -0.05) is 91.0 Å². The van der Waals surface area contributed by atoms with E-state index in [-0.39, 0.29) is 0 Å². The van der Waals surface area contributed by atoms with Crippen molar-refractivity contribution in [3.8, 4) is 39.1 Å². The fourth-order valence-electron chi connectivity index (χ4n) is 6.42. The highest BCUT2D eigenvalue weighted by molar-refractivity contribution is 6.21. The van der Waals surface area contributed by atoms with Crippen LogP contribution in [-0.2, 0) is 0 Å². The second-order valence-corrected chi connectivity index (χ2v) is 10.7. The van der Waals surface area contributed by atoms with Gasteiger partial charge in [0.05, 0.1) is 11.0 Å². The van der Waals surface area contributed by atoms with E-state index < -0.39 is 0 Å². The van der Waals surface area contributed by atoms with Crippen molar-refractivity contribution in [2.75, 3.05) is 0 Å². The minimum Gasteiger partial charge on any atom is -0.297 e. The molecule has 0 N–H and O–H groups in total. The van der Waals surface area contributed by atoms with Crippen LogP contribution in [0.15, 0.2) is 146 Å². The van der Waals surface area contributed by atoms with Crippen LogP contribution in [0.25, 0.3) is 71.6 Å². The molecule has 0 aliphatic carbocycles. The summed E-state index contributed by atoms with van der Waals surface area (Å²) in [5.41, 5.74) is 10.5.